The molecule has 1 atom stereocenters. The third-order valence-electron chi connectivity index (χ3n) is 11.4. The normalized spacial score (nSPS) is 12.1. The Bertz CT molecular complexity index is 958. The average Bonchev–Trinajstić information content (AvgIpc) is 3.23. The molecule has 0 aromatic carbocycles. The van der Waals surface area contributed by atoms with Crippen LogP contribution in [0.5, 0.6) is 0 Å². The molecule has 6 heteroatoms. The SMILES string of the molecule is CCCCCC/C=C\CCCCCCCCCC(=O)O[C@H](COC(=O)CCCCCCC/C=C\CCCCCC)COC(=O)CCCCCCCCCCCCCCC. The van der Waals surface area contributed by atoms with E-state index in [9.17, 15) is 14.4 Å². The highest BCUT2D eigenvalue weighted by molar-refractivity contribution is 5.71. The van der Waals surface area contributed by atoms with Crippen molar-refractivity contribution in [3.8, 4) is 0 Å². The summed E-state index contributed by atoms with van der Waals surface area (Å²) in [5.74, 6) is -0.874. The van der Waals surface area contributed by atoms with Crippen LogP contribution in [0.4, 0.5) is 0 Å². The van der Waals surface area contributed by atoms with Crippen molar-refractivity contribution < 1.29 is 28.6 Å². The fraction of sp³-hybridized carbons (Fsp3) is 0.868. The van der Waals surface area contributed by atoms with Crippen molar-refractivity contribution in [2.75, 3.05) is 13.2 Å². The zero-order valence-corrected chi connectivity index (χ0v) is 39.5. The third-order valence-corrected chi connectivity index (χ3v) is 11.4. The highest BCUT2D eigenvalue weighted by Crippen LogP contribution is 2.15. The van der Waals surface area contributed by atoms with Gasteiger partial charge in [0.15, 0.2) is 6.10 Å². The molecule has 59 heavy (non-hydrogen) atoms. The van der Waals surface area contributed by atoms with Gasteiger partial charge in [0.25, 0.3) is 0 Å². The highest BCUT2D eigenvalue weighted by Gasteiger charge is 2.19. The van der Waals surface area contributed by atoms with Gasteiger partial charge in [0.1, 0.15) is 13.2 Å². The van der Waals surface area contributed by atoms with Crippen LogP contribution in [-0.2, 0) is 28.6 Å². The molecule has 0 aliphatic rings. The summed E-state index contributed by atoms with van der Waals surface area (Å²) in [6.45, 7) is 6.62. The van der Waals surface area contributed by atoms with Gasteiger partial charge in [-0.3, -0.25) is 14.4 Å². The van der Waals surface area contributed by atoms with Gasteiger partial charge in [-0.1, -0.05) is 212 Å². The Kier molecular flexibility index (Phi) is 46.8. The number of hydrogen-bond acceptors (Lipinski definition) is 6. The van der Waals surface area contributed by atoms with Crippen LogP contribution in [0.25, 0.3) is 0 Å². The first-order valence-electron chi connectivity index (χ1n) is 25.8. The molecule has 0 bridgehead atoms. The maximum Gasteiger partial charge on any atom is 0.306 e. The van der Waals surface area contributed by atoms with E-state index in [0.29, 0.717) is 19.3 Å². The summed E-state index contributed by atoms with van der Waals surface area (Å²) in [4.78, 5) is 37.9. The van der Waals surface area contributed by atoms with Crippen LogP contribution in [0, 0.1) is 0 Å². The lowest BCUT2D eigenvalue weighted by Crippen LogP contribution is -2.30. The molecule has 0 fully saturated rings. The second-order valence-electron chi connectivity index (χ2n) is 17.4. The van der Waals surface area contributed by atoms with Gasteiger partial charge in [-0.05, 0) is 70.6 Å². The molecule has 346 valence electrons. The molecule has 0 amide bonds. The summed E-state index contributed by atoms with van der Waals surface area (Å²) in [6, 6.07) is 0. The van der Waals surface area contributed by atoms with Gasteiger partial charge < -0.3 is 14.2 Å². The van der Waals surface area contributed by atoms with Crippen LogP contribution in [0.15, 0.2) is 24.3 Å². The highest BCUT2D eigenvalue weighted by atomic mass is 16.6. The predicted molar refractivity (Wildman–Crippen MR) is 252 cm³/mol. The first-order chi connectivity index (χ1) is 29.0. The fourth-order valence-electron chi connectivity index (χ4n) is 7.49. The standard InChI is InChI=1S/C53H98O6/c1-4-7-10-13-16-19-22-25-26-29-32-35-38-41-44-47-53(56)59-50(48-57-51(54)45-42-39-36-33-30-27-23-20-17-14-11-8-5-2)49-58-52(55)46-43-40-37-34-31-28-24-21-18-15-12-9-6-3/h19-20,22-23,50H,4-18,21,24-49H2,1-3H3/b22-19-,23-20-/t50-/m1/s1. The number of carbonyl (C=O) groups is 3. The molecule has 0 spiro atoms. The van der Waals surface area contributed by atoms with Crippen molar-refractivity contribution in [3.05, 3.63) is 24.3 Å². The molecule has 0 aliphatic heterocycles. The number of hydrogen-bond donors (Lipinski definition) is 0. The molecule has 0 rings (SSSR count). The number of allylic oxidation sites excluding steroid dienone is 4. The van der Waals surface area contributed by atoms with E-state index in [1.807, 2.05) is 0 Å². The Morgan fingerprint density at radius 1 is 0.322 bits per heavy atom. The van der Waals surface area contributed by atoms with E-state index in [1.165, 1.54) is 173 Å². The Hall–Kier alpha value is -2.11. The number of carbonyl (C=O) groups excluding carboxylic acids is 3. The quantitative estimate of drug-likeness (QED) is 0.0263. The van der Waals surface area contributed by atoms with Crippen molar-refractivity contribution in [1.29, 1.82) is 0 Å². The molecular formula is C53H98O6. The van der Waals surface area contributed by atoms with E-state index < -0.39 is 6.10 Å². The van der Waals surface area contributed by atoms with Crippen molar-refractivity contribution in [2.24, 2.45) is 0 Å². The van der Waals surface area contributed by atoms with Crippen LogP contribution in [0.3, 0.4) is 0 Å². The number of rotatable bonds is 47. The summed E-state index contributed by atoms with van der Waals surface area (Å²) in [5, 5.41) is 0. The van der Waals surface area contributed by atoms with Crippen molar-refractivity contribution in [3.63, 3.8) is 0 Å². The molecule has 0 N–H and O–H groups in total. The maximum atomic E-state index is 12.8. The summed E-state index contributed by atoms with van der Waals surface area (Å²) in [6.07, 6.45) is 54.4. The van der Waals surface area contributed by atoms with Crippen LogP contribution in [-0.4, -0.2) is 37.2 Å². The van der Waals surface area contributed by atoms with E-state index in [0.717, 1.165) is 64.2 Å². The summed E-state index contributed by atoms with van der Waals surface area (Å²) < 4.78 is 16.8. The van der Waals surface area contributed by atoms with Gasteiger partial charge in [0, 0.05) is 19.3 Å². The Morgan fingerprint density at radius 3 is 0.864 bits per heavy atom. The zero-order valence-electron chi connectivity index (χ0n) is 39.5. The summed E-state index contributed by atoms with van der Waals surface area (Å²) in [7, 11) is 0. The lowest BCUT2D eigenvalue weighted by atomic mass is 10.0. The van der Waals surface area contributed by atoms with Crippen LogP contribution in [0.1, 0.15) is 278 Å². The van der Waals surface area contributed by atoms with Crippen LogP contribution >= 0.6 is 0 Å². The smallest absolute Gasteiger partial charge is 0.306 e. The Morgan fingerprint density at radius 2 is 0.559 bits per heavy atom. The predicted octanol–water partition coefficient (Wildman–Crippen LogP) is 16.8. The minimum Gasteiger partial charge on any atom is -0.462 e. The fourth-order valence-corrected chi connectivity index (χ4v) is 7.49. The molecule has 6 nitrogen and oxygen atoms in total. The Labute approximate surface area is 366 Å². The van der Waals surface area contributed by atoms with E-state index in [4.69, 9.17) is 14.2 Å². The lowest BCUT2D eigenvalue weighted by Gasteiger charge is -2.18. The largest absolute Gasteiger partial charge is 0.462 e. The third kappa shape index (κ3) is 46.8. The topological polar surface area (TPSA) is 78.9 Å². The second-order valence-corrected chi connectivity index (χ2v) is 17.4. The molecular weight excluding hydrogens is 733 g/mol. The van der Waals surface area contributed by atoms with Crippen molar-refractivity contribution in [1.82, 2.24) is 0 Å². The first-order valence-corrected chi connectivity index (χ1v) is 25.8. The van der Waals surface area contributed by atoms with E-state index >= 15 is 0 Å². The van der Waals surface area contributed by atoms with Gasteiger partial charge >= 0.3 is 17.9 Å². The van der Waals surface area contributed by atoms with E-state index in [-0.39, 0.29) is 31.1 Å². The minimum absolute atomic E-state index is 0.0719. The summed E-state index contributed by atoms with van der Waals surface area (Å²) >= 11 is 0. The van der Waals surface area contributed by atoms with Crippen LogP contribution < -0.4 is 0 Å². The van der Waals surface area contributed by atoms with Crippen molar-refractivity contribution >= 4 is 17.9 Å². The van der Waals surface area contributed by atoms with Gasteiger partial charge in [-0.2, -0.15) is 0 Å². The van der Waals surface area contributed by atoms with Crippen molar-refractivity contribution in [2.45, 2.75) is 284 Å². The molecule has 0 heterocycles. The van der Waals surface area contributed by atoms with E-state index in [2.05, 4.69) is 45.1 Å². The molecule has 0 aromatic heterocycles. The van der Waals surface area contributed by atoms with Gasteiger partial charge in [-0.15, -0.1) is 0 Å². The molecule has 0 aromatic rings. The molecule has 0 unspecified atom stereocenters. The van der Waals surface area contributed by atoms with E-state index in [1.54, 1.807) is 0 Å². The first kappa shape index (κ1) is 56.9. The second kappa shape index (κ2) is 48.6. The number of esters is 3. The molecule has 0 radical (unpaired) electrons. The van der Waals surface area contributed by atoms with Crippen LogP contribution in [0.2, 0.25) is 0 Å². The molecule has 0 saturated carbocycles. The van der Waals surface area contributed by atoms with Gasteiger partial charge in [0.2, 0.25) is 0 Å². The molecule has 0 aliphatic carbocycles. The number of ether oxygens (including phenoxy) is 3. The monoisotopic (exact) mass is 831 g/mol. The van der Waals surface area contributed by atoms with Gasteiger partial charge in [-0.25, -0.2) is 0 Å². The lowest BCUT2D eigenvalue weighted by molar-refractivity contribution is -0.167. The Balaban J connectivity index is 4.36. The zero-order chi connectivity index (χ0) is 43.0. The molecule has 0 saturated heterocycles. The average molecular weight is 831 g/mol. The van der Waals surface area contributed by atoms with Gasteiger partial charge in [0.05, 0.1) is 0 Å². The summed E-state index contributed by atoms with van der Waals surface area (Å²) in [5.41, 5.74) is 0. The minimum atomic E-state index is -0.771. The maximum absolute atomic E-state index is 12.8. The number of unbranched alkanes of at least 4 members (excludes halogenated alkanes) is 32.